The minimum Gasteiger partial charge on any atom is -0.486 e. The van der Waals surface area contributed by atoms with E-state index >= 15 is 0 Å². The van der Waals surface area contributed by atoms with Crippen LogP contribution < -0.4 is 10.3 Å². The van der Waals surface area contributed by atoms with E-state index in [1.165, 1.54) is 19.7 Å². The highest BCUT2D eigenvalue weighted by Gasteiger charge is 2.19. The first-order chi connectivity index (χ1) is 20.8. The molecule has 1 N–H and O–H groups in total. The maximum atomic E-state index is 13.9. The summed E-state index contributed by atoms with van der Waals surface area (Å²) < 4.78 is 12.6. The van der Waals surface area contributed by atoms with E-state index in [-0.39, 0.29) is 29.6 Å². The Morgan fingerprint density at radius 3 is 2.42 bits per heavy atom. The summed E-state index contributed by atoms with van der Waals surface area (Å²) in [7, 11) is 1.47. The molecule has 228 valence electrons. The van der Waals surface area contributed by atoms with Gasteiger partial charge in [-0.15, -0.1) is 0 Å². The lowest BCUT2D eigenvalue weighted by atomic mass is 9.99. The van der Waals surface area contributed by atoms with Crippen molar-refractivity contribution < 1.29 is 14.7 Å². The van der Waals surface area contributed by atoms with E-state index in [9.17, 15) is 10.0 Å². The lowest BCUT2D eigenvalue weighted by Gasteiger charge is -2.17. The Kier molecular flexibility index (Phi) is 14.3. The molecule has 1 heterocycles. The molecular weight excluding hydrogens is 542 g/mol. The minimum atomic E-state index is -0.284. The van der Waals surface area contributed by atoms with Crippen LogP contribution in [0.15, 0.2) is 99.0 Å². The van der Waals surface area contributed by atoms with Gasteiger partial charge in [-0.25, -0.2) is 9.98 Å². The minimum absolute atomic E-state index is 0.117. The van der Waals surface area contributed by atoms with E-state index in [0.29, 0.717) is 29.9 Å². The van der Waals surface area contributed by atoms with Crippen LogP contribution in [0, 0.1) is 0 Å². The third kappa shape index (κ3) is 9.63. The van der Waals surface area contributed by atoms with Gasteiger partial charge < -0.3 is 14.7 Å². The zero-order valence-electron chi connectivity index (χ0n) is 26.1. The molecule has 0 amide bonds. The first kappa shape index (κ1) is 34.4. The van der Waals surface area contributed by atoms with Gasteiger partial charge in [0.1, 0.15) is 5.82 Å². The molecule has 2 aromatic rings. The summed E-state index contributed by atoms with van der Waals surface area (Å²) in [6, 6.07) is 7.45. The third-order valence-electron chi connectivity index (χ3n) is 6.56. The predicted octanol–water partition coefficient (Wildman–Crippen LogP) is 7.06. The third-order valence-corrected chi connectivity index (χ3v) is 6.56. The van der Waals surface area contributed by atoms with Crippen molar-refractivity contribution in [2.24, 2.45) is 15.1 Å². The Balaban J connectivity index is 2.61. The van der Waals surface area contributed by atoms with Crippen molar-refractivity contribution in [2.75, 3.05) is 7.11 Å². The van der Waals surface area contributed by atoms with Crippen LogP contribution in [-0.2, 0) is 24.1 Å². The molecule has 0 fully saturated rings. The molecule has 0 bridgehead atoms. The molecule has 2 rings (SSSR count). The molecule has 0 radical (unpaired) electrons. The largest absolute Gasteiger partial charge is 0.486 e. The predicted molar refractivity (Wildman–Crippen MR) is 176 cm³/mol. The van der Waals surface area contributed by atoms with Gasteiger partial charge in [0.2, 0.25) is 17.5 Å². The number of ether oxygens (including phenoxy) is 2. The topological polar surface area (TPSA) is 111 Å². The average Bonchev–Trinajstić information content (AvgIpc) is 3.02. The number of methoxy groups -OCH3 is 1. The number of aromatic nitrogens is 2. The van der Waals surface area contributed by atoms with Crippen molar-refractivity contribution in [3.63, 3.8) is 0 Å². The van der Waals surface area contributed by atoms with Crippen molar-refractivity contribution in [1.82, 2.24) is 9.55 Å². The van der Waals surface area contributed by atoms with Gasteiger partial charge in [-0.2, -0.15) is 4.99 Å². The number of hydrogen-bond donors (Lipinski definition) is 1. The van der Waals surface area contributed by atoms with Crippen LogP contribution in [0.1, 0.15) is 70.1 Å². The molecule has 1 aromatic carbocycles. The van der Waals surface area contributed by atoms with Gasteiger partial charge in [0.15, 0.2) is 6.40 Å². The number of oxime groups is 1. The van der Waals surface area contributed by atoms with E-state index in [2.05, 4.69) is 28.3 Å². The summed E-state index contributed by atoms with van der Waals surface area (Å²) >= 11 is 0. The van der Waals surface area contributed by atoms with E-state index in [1.807, 2.05) is 71.0 Å². The van der Waals surface area contributed by atoms with Crippen molar-refractivity contribution in [3.05, 3.63) is 112 Å². The Bertz CT molecular complexity index is 1520. The lowest BCUT2D eigenvalue weighted by Crippen LogP contribution is -2.30. The molecule has 9 heteroatoms. The fourth-order valence-corrected chi connectivity index (χ4v) is 4.11. The van der Waals surface area contributed by atoms with E-state index < -0.39 is 0 Å². The summed E-state index contributed by atoms with van der Waals surface area (Å²) in [5.74, 6) is 1.24. The standard InChI is InChI=1S/C34H43N5O4/c1-9-16-30-37-29(12-4)32(43-31(35-13-5)21-24(6)10-2)34(40)39(30)22-26(11-3)20-19-25(7)27-17-14-15-18-28(27)33(38-41)36-23-42-8/h11,13-15,17-21,23,41H,3,5,9-10,12,16,22H2,1-2,4,6-8H3/b24-21+,25-19+,26-20+,35-31?,36-23?,38-33-. The number of allylic oxidation sites excluding steroid dienone is 6. The summed E-state index contributed by atoms with van der Waals surface area (Å²) in [5.41, 5.74) is 4.48. The van der Waals surface area contributed by atoms with Gasteiger partial charge in [-0.1, -0.05) is 87.2 Å². The SMILES string of the molecule is C=CN=C(/C=C(\C)CC)Oc1c(CC)nc(CCC)n(C/C(C=C)=C/C=C(\C)c2ccccc2/C(N=COC)=N/O)c1=O. The maximum Gasteiger partial charge on any atom is 0.297 e. The second-order valence-electron chi connectivity index (χ2n) is 9.63. The first-order valence-electron chi connectivity index (χ1n) is 14.3. The van der Waals surface area contributed by atoms with Crippen LogP contribution in [0.5, 0.6) is 5.75 Å². The van der Waals surface area contributed by atoms with Gasteiger partial charge in [0, 0.05) is 18.2 Å². The van der Waals surface area contributed by atoms with Crippen molar-refractivity contribution in [1.29, 1.82) is 0 Å². The summed E-state index contributed by atoms with van der Waals surface area (Å²) in [6.07, 6.45) is 12.7. The number of aryl methyl sites for hydroxylation is 2. The zero-order valence-corrected chi connectivity index (χ0v) is 26.1. The Hall–Kier alpha value is -4.79. The van der Waals surface area contributed by atoms with Crippen LogP contribution in [0.25, 0.3) is 5.57 Å². The molecule has 0 unspecified atom stereocenters. The Morgan fingerprint density at radius 2 is 1.84 bits per heavy atom. The molecule has 0 saturated carbocycles. The molecule has 0 atom stereocenters. The summed E-state index contributed by atoms with van der Waals surface area (Å²) in [4.78, 5) is 27.1. The number of benzene rings is 1. The molecule has 0 aliphatic heterocycles. The van der Waals surface area contributed by atoms with E-state index in [0.717, 1.165) is 35.1 Å². The summed E-state index contributed by atoms with van der Waals surface area (Å²) in [6.45, 7) is 17.9. The normalized spacial score (nSPS) is 13.4. The molecule has 0 aliphatic carbocycles. The number of rotatable bonds is 14. The molecule has 1 aromatic heterocycles. The molecule has 0 saturated heterocycles. The maximum absolute atomic E-state index is 13.9. The van der Waals surface area contributed by atoms with Crippen molar-refractivity contribution in [2.45, 2.75) is 66.8 Å². The molecule has 0 aliphatic rings. The Labute approximate surface area is 254 Å². The van der Waals surface area contributed by atoms with Gasteiger partial charge in [-0.3, -0.25) is 9.36 Å². The van der Waals surface area contributed by atoms with Gasteiger partial charge in [0.25, 0.3) is 5.56 Å². The highest BCUT2D eigenvalue weighted by molar-refractivity contribution is 6.05. The average molecular weight is 586 g/mol. The van der Waals surface area contributed by atoms with Crippen LogP contribution in [-0.4, -0.2) is 40.0 Å². The molecule has 0 spiro atoms. The molecular formula is C34H43N5O4. The highest BCUT2D eigenvalue weighted by atomic mass is 16.5. The highest BCUT2D eigenvalue weighted by Crippen LogP contribution is 2.22. The molecule has 9 nitrogen and oxygen atoms in total. The number of amidine groups is 1. The Morgan fingerprint density at radius 1 is 1.12 bits per heavy atom. The fraction of sp³-hybridized carbons (Fsp3) is 0.324. The van der Waals surface area contributed by atoms with Crippen LogP contribution in [0.3, 0.4) is 0 Å². The van der Waals surface area contributed by atoms with Gasteiger partial charge in [0.05, 0.1) is 19.3 Å². The second-order valence-corrected chi connectivity index (χ2v) is 9.63. The fourth-order valence-electron chi connectivity index (χ4n) is 4.11. The van der Waals surface area contributed by atoms with Crippen LogP contribution >= 0.6 is 0 Å². The number of nitrogens with zero attached hydrogens (tertiary/aromatic N) is 5. The quantitative estimate of drug-likeness (QED) is 0.0839. The zero-order chi connectivity index (χ0) is 31.8. The summed E-state index contributed by atoms with van der Waals surface area (Å²) in [5, 5.41) is 12.9. The second kappa shape index (κ2) is 17.9. The lowest BCUT2D eigenvalue weighted by molar-refractivity contribution is 0.318. The smallest absolute Gasteiger partial charge is 0.297 e. The molecule has 43 heavy (non-hydrogen) atoms. The monoisotopic (exact) mass is 585 g/mol. The van der Waals surface area contributed by atoms with Crippen LogP contribution in [0.4, 0.5) is 0 Å². The first-order valence-corrected chi connectivity index (χ1v) is 14.3. The van der Waals surface area contributed by atoms with E-state index in [1.54, 1.807) is 16.7 Å². The van der Waals surface area contributed by atoms with Crippen molar-refractivity contribution >= 4 is 23.7 Å². The van der Waals surface area contributed by atoms with Gasteiger partial charge in [-0.05, 0) is 55.9 Å². The van der Waals surface area contributed by atoms with E-state index in [4.69, 9.17) is 14.5 Å². The van der Waals surface area contributed by atoms with Crippen LogP contribution in [0.2, 0.25) is 0 Å². The number of hydrogen-bond acceptors (Lipinski definition) is 7. The van der Waals surface area contributed by atoms with Crippen molar-refractivity contribution in [3.8, 4) is 5.75 Å². The van der Waals surface area contributed by atoms with Gasteiger partial charge >= 0.3 is 0 Å². The number of aliphatic imine (C=N–C) groups is 2.